The zero-order chi connectivity index (χ0) is 9.68. The number of hydrogen-bond acceptors (Lipinski definition) is 3. The number of imide groups is 1. The van der Waals surface area contributed by atoms with Crippen LogP contribution in [-0.2, 0) is 4.79 Å². The first kappa shape index (κ1) is 9.98. The lowest BCUT2D eigenvalue weighted by atomic mass is 10.0. The van der Waals surface area contributed by atoms with E-state index >= 15 is 0 Å². The summed E-state index contributed by atoms with van der Waals surface area (Å²) in [4.78, 5) is 22.1. The minimum atomic E-state index is -0.447. The predicted octanol–water partition coefficient (Wildman–Crippen LogP) is -0.416. The summed E-state index contributed by atoms with van der Waals surface area (Å²) in [5.74, 6) is -0.237. The third kappa shape index (κ3) is 3.02. The summed E-state index contributed by atoms with van der Waals surface area (Å²) >= 11 is 0. The van der Waals surface area contributed by atoms with Gasteiger partial charge in [0, 0.05) is 7.05 Å². The van der Waals surface area contributed by atoms with Crippen molar-refractivity contribution in [3.05, 3.63) is 0 Å². The lowest BCUT2D eigenvalue weighted by Crippen LogP contribution is -2.50. The average molecular weight is 185 g/mol. The number of urea groups is 1. The highest BCUT2D eigenvalue weighted by Gasteiger charge is 2.21. The summed E-state index contributed by atoms with van der Waals surface area (Å²) in [6.45, 7) is 0.853. The standard InChI is InChI=1S/C8H15N3O2/c1-9-8(13)11-7(12)6-4-2-3-5-10-6/h6,10H,2-5H2,1H3,(H2,9,11,12,13). The van der Waals surface area contributed by atoms with Crippen LogP contribution in [0, 0.1) is 0 Å². The Morgan fingerprint density at radius 2 is 2.15 bits per heavy atom. The fraction of sp³-hybridized carbons (Fsp3) is 0.750. The Bertz CT molecular complexity index is 200. The first-order valence-corrected chi connectivity index (χ1v) is 4.50. The van der Waals surface area contributed by atoms with Gasteiger partial charge in [-0.15, -0.1) is 0 Å². The quantitative estimate of drug-likeness (QED) is 0.520. The first-order chi connectivity index (χ1) is 6.24. The highest BCUT2D eigenvalue weighted by molar-refractivity contribution is 5.96. The Hall–Kier alpha value is -1.10. The molecule has 3 amide bonds. The lowest BCUT2D eigenvalue weighted by Gasteiger charge is -2.21. The molecule has 1 fully saturated rings. The second-order valence-electron chi connectivity index (χ2n) is 3.07. The third-order valence-corrected chi connectivity index (χ3v) is 2.09. The van der Waals surface area contributed by atoms with Crippen molar-refractivity contribution >= 4 is 11.9 Å². The maximum absolute atomic E-state index is 11.3. The molecule has 1 aliphatic heterocycles. The average Bonchev–Trinajstić information content (AvgIpc) is 2.19. The fourth-order valence-electron chi connectivity index (χ4n) is 1.34. The number of nitrogens with one attached hydrogen (secondary N) is 3. The summed E-state index contributed by atoms with van der Waals surface area (Å²) in [6, 6.07) is -0.650. The van der Waals surface area contributed by atoms with Gasteiger partial charge in [-0.2, -0.15) is 0 Å². The molecule has 1 unspecified atom stereocenters. The molecule has 1 saturated heterocycles. The summed E-state index contributed by atoms with van der Waals surface area (Å²) in [5, 5.41) is 7.64. The Kier molecular flexibility index (Phi) is 3.70. The maximum atomic E-state index is 11.3. The zero-order valence-corrected chi connectivity index (χ0v) is 7.72. The third-order valence-electron chi connectivity index (χ3n) is 2.09. The SMILES string of the molecule is CNC(=O)NC(=O)C1CCCCN1. The minimum Gasteiger partial charge on any atom is -0.341 e. The summed E-state index contributed by atoms with van der Waals surface area (Å²) in [6.07, 6.45) is 2.95. The molecule has 0 aromatic carbocycles. The molecule has 0 aromatic heterocycles. The smallest absolute Gasteiger partial charge is 0.321 e. The highest BCUT2D eigenvalue weighted by Crippen LogP contribution is 2.06. The van der Waals surface area contributed by atoms with Gasteiger partial charge in [0.1, 0.15) is 0 Å². The predicted molar refractivity (Wildman–Crippen MR) is 48.2 cm³/mol. The zero-order valence-electron chi connectivity index (χ0n) is 7.72. The van der Waals surface area contributed by atoms with Gasteiger partial charge in [-0.1, -0.05) is 6.42 Å². The van der Waals surface area contributed by atoms with Crippen molar-refractivity contribution in [2.75, 3.05) is 13.6 Å². The topological polar surface area (TPSA) is 70.2 Å². The number of piperidine rings is 1. The molecular weight excluding hydrogens is 170 g/mol. The van der Waals surface area contributed by atoms with E-state index < -0.39 is 6.03 Å². The maximum Gasteiger partial charge on any atom is 0.321 e. The molecular formula is C8H15N3O2. The molecule has 74 valence electrons. The van der Waals surface area contributed by atoms with Gasteiger partial charge >= 0.3 is 6.03 Å². The number of hydrogen-bond donors (Lipinski definition) is 3. The number of carbonyl (C=O) groups is 2. The number of amides is 3. The van der Waals surface area contributed by atoms with E-state index in [1.54, 1.807) is 0 Å². The van der Waals surface area contributed by atoms with Crippen molar-refractivity contribution in [3.63, 3.8) is 0 Å². The van der Waals surface area contributed by atoms with Gasteiger partial charge in [-0.3, -0.25) is 10.1 Å². The molecule has 1 rings (SSSR count). The Morgan fingerprint density at radius 3 is 2.69 bits per heavy atom. The molecule has 1 heterocycles. The number of carbonyl (C=O) groups excluding carboxylic acids is 2. The van der Waals surface area contributed by atoms with Gasteiger partial charge in [0.15, 0.2) is 0 Å². The molecule has 0 spiro atoms. The summed E-state index contributed by atoms with van der Waals surface area (Å²) in [5.41, 5.74) is 0. The van der Waals surface area contributed by atoms with E-state index in [0.29, 0.717) is 0 Å². The van der Waals surface area contributed by atoms with Crippen LogP contribution < -0.4 is 16.0 Å². The van der Waals surface area contributed by atoms with Crippen LogP contribution >= 0.6 is 0 Å². The van der Waals surface area contributed by atoms with E-state index in [-0.39, 0.29) is 11.9 Å². The van der Waals surface area contributed by atoms with E-state index in [1.807, 2.05) is 0 Å². The first-order valence-electron chi connectivity index (χ1n) is 4.50. The Morgan fingerprint density at radius 1 is 1.38 bits per heavy atom. The van der Waals surface area contributed by atoms with Crippen molar-refractivity contribution < 1.29 is 9.59 Å². The largest absolute Gasteiger partial charge is 0.341 e. The molecule has 5 heteroatoms. The Labute approximate surface area is 77.3 Å². The van der Waals surface area contributed by atoms with Gasteiger partial charge in [-0.25, -0.2) is 4.79 Å². The van der Waals surface area contributed by atoms with Gasteiger partial charge in [0.25, 0.3) is 0 Å². The van der Waals surface area contributed by atoms with Crippen molar-refractivity contribution in [2.24, 2.45) is 0 Å². The molecule has 13 heavy (non-hydrogen) atoms. The number of rotatable bonds is 1. The lowest BCUT2D eigenvalue weighted by molar-refractivity contribution is -0.122. The molecule has 1 aliphatic rings. The van der Waals surface area contributed by atoms with Crippen LogP contribution in [0.2, 0.25) is 0 Å². The minimum absolute atomic E-state index is 0.203. The van der Waals surface area contributed by atoms with Crippen LogP contribution in [-0.4, -0.2) is 31.6 Å². The van der Waals surface area contributed by atoms with Crippen LogP contribution in [0.15, 0.2) is 0 Å². The normalized spacial score (nSPS) is 22.1. The van der Waals surface area contributed by atoms with Gasteiger partial charge in [0.05, 0.1) is 6.04 Å². The van der Waals surface area contributed by atoms with Gasteiger partial charge in [-0.05, 0) is 19.4 Å². The van der Waals surface area contributed by atoms with E-state index in [4.69, 9.17) is 0 Å². The Balaban J connectivity index is 2.33. The van der Waals surface area contributed by atoms with Crippen LogP contribution in [0.3, 0.4) is 0 Å². The van der Waals surface area contributed by atoms with E-state index in [9.17, 15) is 9.59 Å². The van der Waals surface area contributed by atoms with Crippen LogP contribution in [0.25, 0.3) is 0 Å². The molecule has 5 nitrogen and oxygen atoms in total. The van der Waals surface area contributed by atoms with E-state index in [1.165, 1.54) is 7.05 Å². The van der Waals surface area contributed by atoms with Crippen LogP contribution in [0.5, 0.6) is 0 Å². The highest BCUT2D eigenvalue weighted by atomic mass is 16.2. The van der Waals surface area contributed by atoms with Crippen LogP contribution in [0.1, 0.15) is 19.3 Å². The molecule has 0 aliphatic carbocycles. The molecule has 1 atom stereocenters. The molecule has 0 bridgehead atoms. The monoisotopic (exact) mass is 185 g/mol. The van der Waals surface area contributed by atoms with Crippen molar-refractivity contribution in [1.29, 1.82) is 0 Å². The fourth-order valence-corrected chi connectivity index (χ4v) is 1.34. The van der Waals surface area contributed by atoms with E-state index in [0.717, 1.165) is 25.8 Å². The summed E-state index contributed by atoms with van der Waals surface area (Å²) < 4.78 is 0. The van der Waals surface area contributed by atoms with Crippen molar-refractivity contribution in [3.8, 4) is 0 Å². The molecule has 0 radical (unpaired) electrons. The molecule has 3 N–H and O–H groups in total. The van der Waals surface area contributed by atoms with Crippen LogP contribution in [0.4, 0.5) is 4.79 Å². The van der Waals surface area contributed by atoms with Crippen molar-refractivity contribution in [2.45, 2.75) is 25.3 Å². The van der Waals surface area contributed by atoms with E-state index in [2.05, 4.69) is 16.0 Å². The molecule has 0 saturated carbocycles. The van der Waals surface area contributed by atoms with Gasteiger partial charge < -0.3 is 10.6 Å². The van der Waals surface area contributed by atoms with Crippen molar-refractivity contribution in [1.82, 2.24) is 16.0 Å². The summed E-state index contributed by atoms with van der Waals surface area (Å²) in [7, 11) is 1.48. The molecule has 0 aromatic rings. The second kappa shape index (κ2) is 4.81. The van der Waals surface area contributed by atoms with Gasteiger partial charge in [0.2, 0.25) is 5.91 Å². The second-order valence-corrected chi connectivity index (χ2v) is 3.07.